The van der Waals surface area contributed by atoms with Crippen LogP contribution in [0.5, 0.6) is 0 Å². The molecule has 1 aromatic carbocycles. The quantitative estimate of drug-likeness (QED) is 0.706. The summed E-state index contributed by atoms with van der Waals surface area (Å²) in [6.07, 6.45) is 1.01. The van der Waals surface area contributed by atoms with Crippen molar-refractivity contribution in [2.75, 3.05) is 0 Å². The van der Waals surface area contributed by atoms with Crippen molar-refractivity contribution < 1.29 is 5.11 Å². The highest BCUT2D eigenvalue weighted by molar-refractivity contribution is 5.25. The molecule has 2 rings (SSSR count). The first kappa shape index (κ1) is 7.81. The second-order valence-electron chi connectivity index (χ2n) is 3.66. The summed E-state index contributed by atoms with van der Waals surface area (Å²) in [5.74, 6) is 1.12. The van der Waals surface area contributed by atoms with Gasteiger partial charge >= 0.3 is 0 Å². The lowest BCUT2D eigenvalue weighted by Gasteiger charge is -2.02. The summed E-state index contributed by atoms with van der Waals surface area (Å²) in [6, 6.07) is 10.4. The van der Waals surface area contributed by atoms with Gasteiger partial charge in [0, 0.05) is 0 Å². The molecule has 1 aliphatic carbocycles. The van der Waals surface area contributed by atoms with E-state index in [0.29, 0.717) is 11.8 Å². The molecular formula is C11H14O. The number of hydrogen-bond acceptors (Lipinski definition) is 1. The second-order valence-corrected chi connectivity index (χ2v) is 3.66. The van der Waals surface area contributed by atoms with E-state index in [1.54, 1.807) is 0 Å². The first-order chi connectivity index (χ1) is 5.79. The first-order valence-corrected chi connectivity index (χ1v) is 4.52. The molecule has 1 heteroatoms. The van der Waals surface area contributed by atoms with Crippen molar-refractivity contribution in [2.24, 2.45) is 5.92 Å². The third kappa shape index (κ3) is 1.37. The van der Waals surface area contributed by atoms with Crippen molar-refractivity contribution in [3.05, 3.63) is 35.9 Å². The Kier molecular flexibility index (Phi) is 1.89. The molecule has 64 valence electrons. The Labute approximate surface area is 73.0 Å². The van der Waals surface area contributed by atoms with Crippen molar-refractivity contribution >= 4 is 0 Å². The van der Waals surface area contributed by atoms with Gasteiger partial charge in [-0.2, -0.15) is 0 Å². The highest BCUT2D eigenvalue weighted by atomic mass is 16.3. The Hall–Kier alpha value is -0.820. The fourth-order valence-corrected chi connectivity index (χ4v) is 1.83. The summed E-state index contributed by atoms with van der Waals surface area (Å²) in [6.45, 7) is 1.88. The summed E-state index contributed by atoms with van der Waals surface area (Å²) in [4.78, 5) is 0. The van der Waals surface area contributed by atoms with Crippen LogP contribution >= 0.6 is 0 Å². The van der Waals surface area contributed by atoms with Crippen LogP contribution in [0.25, 0.3) is 0 Å². The van der Waals surface area contributed by atoms with E-state index in [2.05, 4.69) is 24.3 Å². The smallest absolute Gasteiger partial charge is 0.0546 e. The van der Waals surface area contributed by atoms with Gasteiger partial charge in [-0.05, 0) is 30.7 Å². The Morgan fingerprint density at radius 3 is 2.50 bits per heavy atom. The van der Waals surface area contributed by atoms with Gasteiger partial charge in [0.05, 0.1) is 6.10 Å². The molecule has 1 nitrogen and oxygen atoms in total. The average Bonchev–Trinajstić information content (AvgIpc) is 2.84. The highest BCUT2D eigenvalue weighted by Gasteiger charge is 2.41. The van der Waals surface area contributed by atoms with Crippen LogP contribution in [0.15, 0.2) is 30.3 Å². The molecule has 0 unspecified atom stereocenters. The van der Waals surface area contributed by atoms with E-state index in [9.17, 15) is 5.11 Å². The molecule has 1 aliphatic rings. The molecule has 1 saturated carbocycles. The fraction of sp³-hybridized carbons (Fsp3) is 0.455. The van der Waals surface area contributed by atoms with Crippen molar-refractivity contribution in [2.45, 2.75) is 25.4 Å². The van der Waals surface area contributed by atoms with Gasteiger partial charge in [0.1, 0.15) is 0 Å². The molecular weight excluding hydrogens is 148 g/mol. The zero-order chi connectivity index (χ0) is 8.55. The van der Waals surface area contributed by atoms with E-state index < -0.39 is 0 Å². The minimum Gasteiger partial charge on any atom is -0.393 e. The number of benzene rings is 1. The van der Waals surface area contributed by atoms with Gasteiger partial charge in [0.15, 0.2) is 0 Å². The van der Waals surface area contributed by atoms with Crippen LogP contribution < -0.4 is 0 Å². The number of hydrogen-bond donors (Lipinski definition) is 1. The molecule has 0 spiro atoms. The molecule has 0 aromatic heterocycles. The van der Waals surface area contributed by atoms with E-state index in [0.717, 1.165) is 6.42 Å². The minimum absolute atomic E-state index is 0.143. The Bertz CT molecular complexity index is 253. The SMILES string of the molecule is C[C@@H](O)[C@@H]1C[C@@H]1c1ccccc1. The topological polar surface area (TPSA) is 20.2 Å². The van der Waals surface area contributed by atoms with Crippen molar-refractivity contribution in [1.82, 2.24) is 0 Å². The Balaban J connectivity index is 2.06. The largest absolute Gasteiger partial charge is 0.393 e. The molecule has 1 N–H and O–H groups in total. The van der Waals surface area contributed by atoms with Crippen LogP contribution in [0, 0.1) is 5.92 Å². The van der Waals surface area contributed by atoms with Crippen LogP contribution in [0.3, 0.4) is 0 Å². The van der Waals surface area contributed by atoms with Crippen molar-refractivity contribution in [3.63, 3.8) is 0 Å². The van der Waals surface area contributed by atoms with Crippen LogP contribution in [0.2, 0.25) is 0 Å². The predicted octanol–water partition coefficient (Wildman–Crippen LogP) is 2.17. The maximum atomic E-state index is 9.32. The number of rotatable bonds is 2. The molecule has 0 heterocycles. The maximum Gasteiger partial charge on any atom is 0.0546 e. The molecule has 0 bridgehead atoms. The standard InChI is InChI=1S/C11H14O/c1-8(12)10-7-11(10)9-5-3-2-4-6-9/h2-6,8,10-12H,7H2,1H3/t8-,10+,11-/m1/s1. The monoisotopic (exact) mass is 162 g/mol. The number of aliphatic hydroxyl groups is 1. The summed E-state index contributed by atoms with van der Waals surface area (Å²) < 4.78 is 0. The van der Waals surface area contributed by atoms with E-state index in [4.69, 9.17) is 0 Å². The van der Waals surface area contributed by atoms with E-state index in [-0.39, 0.29) is 6.10 Å². The van der Waals surface area contributed by atoms with Crippen LogP contribution in [-0.2, 0) is 0 Å². The first-order valence-electron chi connectivity index (χ1n) is 4.52. The molecule has 1 aromatic rings. The second kappa shape index (κ2) is 2.91. The Morgan fingerprint density at radius 1 is 1.33 bits per heavy atom. The average molecular weight is 162 g/mol. The third-order valence-corrected chi connectivity index (χ3v) is 2.69. The van der Waals surface area contributed by atoms with E-state index in [1.165, 1.54) is 5.56 Å². The zero-order valence-corrected chi connectivity index (χ0v) is 7.27. The fourth-order valence-electron chi connectivity index (χ4n) is 1.83. The van der Waals surface area contributed by atoms with E-state index >= 15 is 0 Å². The van der Waals surface area contributed by atoms with Crippen LogP contribution in [0.1, 0.15) is 24.8 Å². The predicted molar refractivity (Wildman–Crippen MR) is 49.0 cm³/mol. The van der Waals surface area contributed by atoms with Crippen molar-refractivity contribution in [1.29, 1.82) is 0 Å². The third-order valence-electron chi connectivity index (χ3n) is 2.69. The number of aliphatic hydroxyl groups excluding tert-OH is 1. The van der Waals surface area contributed by atoms with E-state index in [1.807, 2.05) is 13.0 Å². The van der Waals surface area contributed by atoms with Crippen LogP contribution in [-0.4, -0.2) is 11.2 Å². The lowest BCUT2D eigenvalue weighted by atomic mass is 10.1. The lowest BCUT2D eigenvalue weighted by Crippen LogP contribution is -2.03. The molecule has 1 fully saturated rings. The molecule has 12 heavy (non-hydrogen) atoms. The van der Waals surface area contributed by atoms with Gasteiger partial charge in [-0.15, -0.1) is 0 Å². The summed E-state index contributed by atoms with van der Waals surface area (Å²) in [7, 11) is 0. The van der Waals surface area contributed by atoms with Crippen molar-refractivity contribution in [3.8, 4) is 0 Å². The minimum atomic E-state index is -0.143. The van der Waals surface area contributed by atoms with Crippen LogP contribution in [0.4, 0.5) is 0 Å². The molecule has 0 aliphatic heterocycles. The van der Waals surface area contributed by atoms with Gasteiger partial charge < -0.3 is 5.11 Å². The van der Waals surface area contributed by atoms with Gasteiger partial charge in [0.25, 0.3) is 0 Å². The van der Waals surface area contributed by atoms with Gasteiger partial charge in [-0.1, -0.05) is 30.3 Å². The van der Waals surface area contributed by atoms with Gasteiger partial charge in [-0.25, -0.2) is 0 Å². The van der Waals surface area contributed by atoms with Gasteiger partial charge in [0.2, 0.25) is 0 Å². The zero-order valence-electron chi connectivity index (χ0n) is 7.27. The highest BCUT2D eigenvalue weighted by Crippen LogP contribution is 2.49. The Morgan fingerprint density at radius 2 is 2.00 bits per heavy atom. The summed E-state index contributed by atoms with van der Waals surface area (Å²) in [5, 5.41) is 9.32. The molecule has 0 radical (unpaired) electrons. The van der Waals surface area contributed by atoms with Gasteiger partial charge in [-0.3, -0.25) is 0 Å². The molecule has 3 atom stereocenters. The molecule has 0 saturated heterocycles. The molecule has 0 amide bonds. The lowest BCUT2D eigenvalue weighted by molar-refractivity contribution is 0.169. The summed E-state index contributed by atoms with van der Waals surface area (Å²) >= 11 is 0. The maximum absolute atomic E-state index is 9.32. The normalized spacial score (nSPS) is 29.8. The summed E-state index contributed by atoms with van der Waals surface area (Å²) in [5.41, 5.74) is 1.38.